The van der Waals surface area contributed by atoms with Crippen LogP contribution in [-0.4, -0.2) is 29.8 Å². The molecule has 0 unspecified atom stereocenters. The highest BCUT2D eigenvalue weighted by Crippen LogP contribution is 2.23. The van der Waals surface area contributed by atoms with Gasteiger partial charge in [0.05, 0.1) is 0 Å². The zero-order valence-corrected chi connectivity index (χ0v) is 14.5. The van der Waals surface area contributed by atoms with Gasteiger partial charge in [0, 0.05) is 17.7 Å². The lowest BCUT2D eigenvalue weighted by molar-refractivity contribution is -0.139. The largest absolute Gasteiger partial charge is 0.482 e. The van der Waals surface area contributed by atoms with Gasteiger partial charge in [0.25, 0.3) is 5.91 Å². The molecule has 0 atom stereocenters. The highest BCUT2D eigenvalue weighted by atomic mass is 19.4. The third-order valence-corrected chi connectivity index (χ3v) is 3.72. The summed E-state index contributed by atoms with van der Waals surface area (Å²) in [6, 6.07) is 10.7. The Morgan fingerprint density at radius 2 is 1.78 bits per heavy atom. The molecule has 0 bridgehead atoms. The van der Waals surface area contributed by atoms with Gasteiger partial charge >= 0.3 is 12.1 Å². The molecule has 2 aromatic rings. The average molecular weight is 381 g/mol. The fourth-order valence-corrected chi connectivity index (χ4v) is 2.31. The molecule has 0 aliphatic rings. The smallest absolute Gasteiger partial charge is 0.389 e. The van der Waals surface area contributed by atoms with E-state index in [1.54, 1.807) is 19.1 Å². The van der Waals surface area contributed by atoms with Gasteiger partial charge in [-0.3, -0.25) is 4.79 Å². The predicted molar refractivity (Wildman–Crippen MR) is 93.1 cm³/mol. The van der Waals surface area contributed by atoms with Crippen LogP contribution >= 0.6 is 0 Å². The SMILES string of the molecule is Cc1cc(OCC(=O)O)ccc1NC(=O)c1ccc(CCC(F)(F)F)cc1. The third kappa shape index (κ3) is 6.65. The molecule has 0 spiro atoms. The van der Waals surface area contributed by atoms with E-state index in [0.29, 0.717) is 28.1 Å². The molecular weight excluding hydrogens is 363 g/mol. The summed E-state index contributed by atoms with van der Waals surface area (Å²) in [5, 5.41) is 11.3. The fraction of sp³-hybridized carbons (Fsp3) is 0.263. The van der Waals surface area contributed by atoms with E-state index < -0.39 is 31.1 Å². The molecule has 0 heterocycles. The highest BCUT2D eigenvalue weighted by molar-refractivity contribution is 6.04. The number of aliphatic carboxylic acids is 1. The topological polar surface area (TPSA) is 75.6 Å². The second kappa shape index (κ2) is 8.57. The molecular formula is C19H18F3NO4. The number of benzene rings is 2. The van der Waals surface area contributed by atoms with Crippen LogP contribution in [0.1, 0.15) is 27.9 Å². The lowest BCUT2D eigenvalue weighted by Gasteiger charge is -2.11. The molecule has 0 aliphatic carbocycles. The maximum absolute atomic E-state index is 12.3. The van der Waals surface area contributed by atoms with E-state index in [9.17, 15) is 22.8 Å². The number of ether oxygens (including phenoxy) is 1. The van der Waals surface area contributed by atoms with Gasteiger partial charge in [-0.15, -0.1) is 0 Å². The number of carbonyl (C=O) groups excluding carboxylic acids is 1. The minimum atomic E-state index is -4.21. The molecule has 0 saturated carbocycles. The summed E-state index contributed by atoms with van der Waals surface area (Å²) in [5.74, 6) is -1.13. The minimum absolute atomic E-state index is 0.137. The van der Waals surface area contributed by atoms with Crippen molar-refractivity contribution >= 4 is 17.6 Å². The van der Waals surface area contributed by atoms with E-state index in [1.165, 1.54) is 30.3 Å². The molecule has 1 amide bonds. The van der Waals surface area contributed by atoms with Crippen molar-refractivity contribution in [1.82, 2.24) is 0 Å². The van der Waals surface area contributed by atoms with Crippen LogP contribution in [0, 0.1) is 6.92 Å². The monoisotopic (exact) mass is 381 g/mol. The molecule has 0 fully saturated rings. The Labute approximate surface area is 153 Å². The number of hydrogen-bond donors (Lipinski definition) is 2. The van der Waals surface area contributed by atoms with Gasteiger partial charge in [0.1, 0.15) is 5.75 Å². The van der Waals surface area contributed by atoms with Crippen molar-refractivity contribution in [2.45, 2.75) is 25.9 Å². The number of amides is 1. The molecule has 8 heteroatoms. The van der Waals surface area contributed by atoms with Crippen LogP contribution in [0.25, 0.3) is 0 Å². The number of rotatable bonds is 7. The number of hydrogen-bond acceptors (Lipinski definition) is 3. The molecule has 0 aliphatic heterocycles. The van der Waals surface area contributed by atoms with Gasteiger partial charge in [0.2, 0.25) is 0 Å². The molecule has 5 nitrogen and oxygen atoms in total. The maximum atomic E-state index is 12.3. The second-order valence-corrected chi connectivity index (χ2v) is 5.93. The van der Waals surface area contributed by atoms with Crippen molar-refractivity contribution in [2.75, 3.05) is 11.9 Å². The number of halogens is 3. The quantitative estimate of drug-likeness (QED) is 0.754. The molecule has 0 aromatic heterocycles. The Balaban J connectivity index is 1.99. The van der Waals surface area contributed by atoms with E-state index in [2.05, 4.69) is 5.32 Å². The number of carboxylic acids is 1. The van der Waals surface area contributed by atoms with Crippen LogP contribution in [0.4, 0.5) is 18.9 Å². The van der Waals surface area contributed by atoms with Crippen molar-refractivity contribution < 1.29 is 32.6 Å². The third-order valence-electron chi connectivity index (χ3n) is 3.72. The van der Waals surface area contributed by atoms with E-state index in [0.717, 1.165) is 0 Å². The summed E-state index contributed by atoms with van der Waals surface area (Å²) in [5.41, 5.74) is 2.01. The van der Waals surface area contributed by atoms with Crippen LogP contribution in [0.5, 0.6) is 5.75 Å². The molecule has 0 saturated heterocycles. The van der Waals surface area contributed by atoms with Gasteiger partial charge in [-0.05, 0) is 54.8 Å². The van der Waals surface area contributed by atoms with E-state index in [4.69, 9.17) is 9.84 Å². The van der Waals surface area contributed by atoms with E-state index in [1.807, 2.05) is 0 Å². The molecule has 27 heavy (non-hydrogen) atoms. The summed E-state index contributed by atoms with van der Waals surface area (Å²) >= 11 is 0. The molecule has 144 valence electrons. The number of anilines is 1. The Morgan fingerprint density at radius 3 is 2.33 bits per heavy atom. The average Bonchev–Trinajstić information content (AvgIpc) is 2.60. The molecule has 2 N–H and O–H groups in total. The normalized spacial score (nSPS) is 11.1. The predicted octanol–water partition coefficient (Wildman–Crippen LogP) is 4.21. The Hall–Kier alpha value is -3.03. The van der Waals surface area contributed by atoms with Crippen LogP contribution in [0.2, 0.25) is 0 Å². The highest BCUT2D eigenvalue weighted by Gasteiger charge is 2.26. The fourth-order valence-electron chi connectivity index (χ4n) is 2.31. The number of aryl methyl sites for hydroxylation is 2. The maximum Gasteiger partial charge on any atom is 0.389 e. The first kappa shape index (κ1) is 20.3. The van der Waals surface area contributed by atoms with Crippen molar-refractivity contribution in [2.24, 2.45) is 0 Å². The van der Waals surface area contributed by atoms with Crippen LogP contribution in [-0.2, 0) is 11.2 Å². The summed E-state index contributed by atoms with van der Waals surface area (Å²) in [6.45, 7) is 1.26. The number of nitrogens with one attached hydrogen (secondary N) is 1. The van der Waals surface area contributed by atoms with Gasteiger partial charge in [-0.1, -0.05) is 12.1 Å². The Bertz CT molecular complexity index is 817. The van der Waals surface area contributed by atoms with Crippen LogP contribution in [0.15, 0.2) is 42.5 Å². The van der Waals surface area contributed by atoms with Crippen molar-refractivity contribution in [3.63, 3.8) is 0 Å². The van der Waals surface area contributed by atoms with E-state index >= 15 is 0 Å². The number of carboxylic acid groups (broad SMARTS) is 1. The van der Waals surface area contributed by atoms with Crippen molar-refractivity contribution in [3.8, 4) is 5.75 Å². The minimum Gasteiger partial charge on any atom is -0.482 e. The zero-order chi connectivity index (χ0) is 20.0. The number of carbonyl (C=O) groups is 2. The Kier molecular flexibility index (Phi) is 6.44. The summed E-state index contributed by atoms with van der Waals surface area (Å²) < 4.78 is 41.8. The van der Waals surface area contributed by atoms with Gasteiger partial charge < -0.3 is 15.2 Å². The molecule has 0 radical (unpaired) electrons. The second-order valence-electron chi connectivity index (χ2n) is 5.93. The molecule has 2 aromatic carbocycles. The van der Waals surface area contributed by atoms with Crippen molar-refractivity contribution in [3.05, 3.63) is 59.2 Å². The van der Waals surface area contributed by atoms with Gasteiger partial charge in [-0.25, -0.2) is 4.79 Å². The molecule has 2 rings (SSSR count). The first-order chi connectivity index (χ1) is 12.6. The van der Waals surface area contributed by atoms with Crippen LogP contribution < -0.4 is 10.1 Å². The standard InChI is InChI=1S/C19H18F3NO4/c1-12-10-15(27-11-17(24)25)6-7-16(12)23-18(26)14-4-2-13(3-5-14)8-9-19(20,21)22/h2-7,10H,8-9,11H2,1H3,(H,23,26)(H,24,25). The number of alkyl halides is 3. The first-order valence-corrected chi connectivity index (χ1v) is 8.06. The first-order valence-electron chi connectivity index (χ1n) is 8.06. The van der Waals surface area contributed by atoms with Crippen molar-refractivity contribution in [1.29, 1.82) is 0 Å². The Morgan fingerprint density at radius 1 is 1.11 bits per heavy atom. The lowest BCUT2D eigenvalue weighted by atomic mass is 10.1. The van der Waals surface area contributed by atoms with Gasteiger partial charge in [0.15, 0.2) is 6.61 Å². The zero-order valence-electron chi connectivity index (χ0n) is 14.5. The summed E-state index contributed by atoms with van der Waals surface area (Å²) in [6.07, 6.45) is -5.26. The van der Waals surface area contributed by atoms with E-state index in [-0.39, 0.29) is 6.42 Å². The summed E-state index contributed by atoms with van der Waals surface area (Å²) in [4.78, 5) is 22.8. The van der Waals surface area contributed by atoms with Crippen LogP contribution in [0.3, 0.4) is 0 Å². The van der Waals surface area contributed by atoms with Gasteiger partial charge in [-0.2, -0.15) is 13.2 Å². The lowest BCUT2D eigenvalue weighted by Crippen LogP contribution is -2.13. The summed E-state index contributed by atoms with van der Waals surface area (Å²) in [7, 11) is 0.